The van der Waals surface area contributed by atoms with E-state index in [0.29, 0.717) is 22.1 Å². The van der Waals surface area contributed by atoms with Crippen molar-refractivity contribution in [3.8, 4) is 0 Å². The number of nitrogen functional groups attached to an aromatic ring is 1. The molecule has 0 spiro atoms. The molecule has 5 rings (SSSR count). The van der Waals surface area contributed by atoms with Gasteiger partial charge in [0.25, 0.3) is 11.8 Å². The predicted molar refractivity (Wildman–Crippen MR) is 146 cm³/mol. The molecular formula is C21H21N9O7S3. The minimum Gasteiger partial charge on any atom is -0.477 e. The Bertz CT molecular complexity index is 1470. The van der Waals surface area contributed by atoms with E-state index in [1.807, 2.05) is 0 Å². The maximum atomic E-state index is 13.1. The lowest BCUT2D eigenvalue weighted by atomic mass is 10.0. The predicted octanol–water partition coefficient (Wildman–Crippen LogP) is 0.378. The zero-order chi connectivity index (χ0) is 28.7. The van der Waals surface area contributed by atoms with E-state index in [9.17, 15) is 29.4 Å². The minimum absolute atomic E-state index is 0.149. The maximum absolute atomic E-state index is 13.1. The second-order valence-corrected chi connectivity index (χ2v) is 11.4. The van der Waals surface area contributed by atoms with Crippen LogP contribution in [0, 0.1) is 0 Å². The summed E-state index contributed by atoms with van der Waals surface area (Å²) in [7, 11) is 1.26. The van der Waals surface area contributed by atoms with Crippen LogP contribution in [-0.2, 0) is 19.2 Å². The molecule has 4 aliphatic rings. The van der Waals surface area contributed by atoms with Crippen LogP contribution in [0.4, 0.5) is 9.93 Å². The topological polar surface area (TPSA) is 215 Å². The van der Waals surface area contributed by atoms with Gasteiger partial charge in [0, 0.05) is 22.6 Å². The number of oxime groups is 1. The Morgan fingerprint density at radius 3 is 2.80 bits per heavy atom. The number of nitrogens with zero attached hydrogens (tertiary/aromatic N) is 6. The van der Waals surface area contributed by atoms with Crippen molar-refractivity contribution < 1.29 is 34.2 Å². The van der Waals surface area contributed by atoms with Crippen molar-refractivity contribution in [2.45, 2.75) is 18.3 Å². The molecule has 1 saturated heterocycles. The summed E-state index contributed by atoms with van der Waals surface area (Å²) in [6.07, 6.45) is 1.83. The second kappa shape index (κ2) is 10.8. The van der Waals surface area contributed by atoms with E-state index in [1.54, 1.807) is 13.0 Å². The molecule has 0 aromatic carbocycles. The third-order valence-electron chi connectivity index (χ3n) is 5.82. The fourth-order valence-electron chi connectivity index (χ4n) is 4.12. The number of aliphatic imine (C=N–C) groups is 1. The number of carboxylic acid groups (broad SMARTS) is 2. The molecule has 5 heterocycles. The first kappa shape index (κ1) is 27.5. The number of hydrazine groups is 2. The molecule has 1 aromatic rings. The third-order valence-corrected chi connectivity index (χ3v) is 8.93. The first-order valence-electron chi connectivity index (χ1n) is 11.3. The number of aromatic nitrogens is 1. The number of carbonyl (C=O) groups is 4. The number of carbonyl (C=O) groups excluding carboxylic acids is 2. The van der Waals surface area contributed by atoms with Crippen molar-refractivity contribution in [1.82, 2.24) is 30.8 Å². The first-order valence-corrected chi connectivity index (χ1v) is 14.2. The molecular weight excluding hydrogens is 586 g/mol. The summed E-state index contributed by atoms with van der Waals surface area (Å²) in [5.41, 5.74) is 9.33. The largest absolute Gasteiger partial charge is 0.477 e. The van der Waals surface area contributed by atoms with E-state index in [-0.39, 0.29) is 33.7 Å². The summed E-state index contributed by atoms with van der Waals surface area (Å²) in [5.74, 6) is -1.71. The number of thioether (sulfide) groups is 2. The Balaban J connectivity index is 1.30. The van der Waals surface area contributed by atoms with Crippen molar-refractivity contribution in [1.29, 1.82) is 0 Å². The van der Waals surface area contributed by atoms with Crippen LogP contribution in [-0.4, -0.2) is 95.4 Å². The number of nitrogens with one attached hydrogen (secondary N) is 2. The van der Waals surface area contributed by atoms with Crippen molar-refractivity contribution in [3.05, 3.63) is 45.5 Å². The van der Waals surface area contributed by atoms with E-state index in [1.165, 1.54) is 52.1 Å². The quantitative estimate of drug-likeness (QED) is 0.154. The molecule has 2 atom stereocenters. The smallest absolute Gasteiger partial charge is 0.427 e. The molecule has 6 N–H and O–H groups in total. The summed E-state index contributed by atoms with van der Waals surface area (Å²) in [4.78, 5) is 63.9. The highest BCUT2D eigenvalue weighted by Crippen LogP contribution is 2.42. The molecule has 40 heavy (non-hydrogen) atoms. The first-order chi connectivity index (χ1) is 19.1. The zero-order valence-corrected chi connectivity index (χ0v) is 23.2. The van der Waals surface area contributed by atoms with Gasteiger partial charge in [-0.05, 0) is 18.6 Å². The Kier molecular flexibility index (Phi) is 7.45. The lowest BCUT2D eigenvalue weighted by molar-refractivity contribution is -0.150. The number of hydrogen-bond donors (Lipinski definition) is 5. The van der Waals surface area contributed by atoms with E-state index >= 15 is 0 Å². The van der Waals surface area contributed by atoms with Crippen molar-refractivity contribution in [2.75, 3.05) is 24.3 Å². The highest BCUT2D eigenvalue weighted by atomic mass is 32.2. The van der Waals surface area contributed by atoms with Crippen LogP contribution in [0.15, 0.2) is 49.9 Å². The van der Waals surface area contributed by atoms with E-state index in [4.69, 9.17) is 10.6 Å². The summed E-state index contributed by atoms with van der Waals surface area (Å²) < 4.78 is 0. The molecule has 0 unspecified atom stereocenters. The average molecular weight is 608 g/mol. The van der Waals surface area contributed by atoms with Gasteiger partial charge >= 0.3 is 12.1 Å². The summed E-state index contributed by atoms with van der Waals surface area (Å²) in [5, 5.41) is 29.6. The van der Waals surface area contributed by atoms with Gasteiger partial charge in [0.05, 0.1) is 11.2 Å². The molecule has 0 radical (unpaired) electrons. The number of allylic oxidation sites excluding steroid dienone is 1. The summed E-state index contributed by atoms with van der Waals surface area (Å²) in [6.45, 7) is 1.75. The fraction of sp³-hybridized carbons (Fsp3) is 0.286. The Labute approximate surface area is 238 Å². The molecule has 1 aromatic heterocycles. The van der Waals surface area contributed by atoms with Crippen LogP contribution in [0.2, 0.25) is 0 Å². The highest BCUT2D eigenvalue weighted by molar-refractivity contribution is 8.03. The minimum atomic E-state index is -1.27. The van der Waals surface area contributed by atoms with Gasteiger partial charge in [-0.3, -0.25) is 14.5 Å². The van der Waals surface area contributed by atoms with Crippen LogP contribution >= 0.6 is 34.9 Å². The van der Waals surface area contributed by atoms with Gasteiger partial charge in [-0.25, -0.2) is 24.6 Å². The van der Waals surface area contributed by atoms with Crippen molar-refractivity contribution >= 4 is 75.3 Å². The number of aliphatic carboxylic acids is 1. The number of thiazole rings is 1. The van der Waals surface area contributed by atoms with Gasteiger partial charge in [0.1, 0.15) is 29.9 Å². The Hall–Kier alpha value is -4.07. The number of rotatable bonds is 8. The van der Waals surface area contributed by atoms with Crippen LogP contribution in [0.5, 0.6) is 0 Å². The molecule has 210 valence electrons. The molecule has 19 heteroatoms. The second-order valence-electron chi connectivity index (χ2n) is 8.41. The standard InChI is InChI=1S/C21H21N9O7S3/c1-8-3-12(30-11(23-8)4-28(27-30)21(35)36)38-5-9-6-39-18-14(17(32)29(18)15(9)19(33)34)25-16(31)13(26-37-2)10-7-40-20(22)24-10/h3-4,7,14,18,27H,5-6H2,1-2H3,(H2,22,24)(H,25,31)(H,33,34)(H,35,36)/t14-,18-/m1/s1. The van der Waals surface area contributed by atoms with Crippen molar-refractivity contribution in [2.24, 2.45) is 10.1 Å². The molecule has 4 aliphatic heterocycles. The fourth-order valence-corrected chi connectivity index (χ4v) is 7.22. The van der Waals surface area contributed by atoms with Crippen LogP contribution in [0.25, 0.3) is 0 Å². The lowest BCUT2D eigenvalue weighted by Gasteiger charge is -2.49. The van der Waals surface area contributed by atoms with Crippen LogP contribution < -0.4 is 16.6 Å². The normalized spacial score (nSPS) is 22.1. The lowest BCUT2D eigenvalue weighted by Crippen LogP contribution is -2.71. The van der Waals surface area contributed by atoms with Gasteiger partial charge in [-0.2, -0.15) is 5.01 Å². The van der Waals surface area contributed by atoms with Gasteiger partial charge in [0.15, 0.2) is 16.7 Å². The number of carboxylic acids is 1. The Morgan fingerprint density at radius 1 is 1.38 bits per heavy atom. The molecule has 0 aliphatic carbocycles. The van der Waals surface area contributed by atoms with E-state index < -0.39 is 35.3 Å². The van der Waals surface area contributed by atoms with Gasteiger partial charge in [-0.15, -0.1) is 40.4 Å². The molecule has 0 bridgehead atoms. The monoisotopic (exact) mass is 607 g/mol. The van der Waals surface area contributed by atoms with E-state index in [0.717, 1.165) is 16.3 Å². The number of hydrogen-bond acceptors (Lipinski definition) is 14. The van der Waals surface area contributed by atoms with Gasteiger partial charge in [-0.1, -0.05) is 5.16 Å². The summed E-state index contributed by atoms with van der Waals surface area (Å²) >= 11 is 3.68. The third kappa shape index (κ3) is 4.98. The molecule has 0 saturated carbocycles. The molecule has 16 nitrogen and oxygen atoms in total. The SMILES string of the molecule is CON=C(C(=O)N[C@@H]1C(=O)N2C(C(=O)O)=C(CSC3=CC(C)=NC4=CN(C(=O)O)NN43)CS[C@H]12)c1csc(N)n1. The van der Waals surface area contributed by atoms with Crippen LogP contribution in [0.3, 0.4) is 0 Å². The number of nitrogens with two attached hydrogens (primary N) is 1. The summed E-state index contributed by atoms with van der Waals surface area (Å²) in [6, 6.07) is -0.984. The van der Waals surface area contributed by atoms with Gasteiger partial charge in [0.2, 0.25) is 0 Å². The van der Waals surface area contributed by atoms with E-state index in [2.05, 4.69) is 26.0 Å². The maximum Gasteiger partial charge on any atom is 0.427 e. The Morgan fingerprint density at radius 2 is 2.15 bits per heavy atom. The molecule has 1 fully saturated rings. The number of fused-ring (bicyclic) bond motifs is 2. The van der Waals surface area contributed by atoms with Gasteiger partial charge < -0.3 is 26.1 Å². The highest BCUT2D eigenvalue weighted by Gasteiger charge is 2.54. The van der Waals surface area contributed by atoms with Crippen LogP contribution in [0.1, 0.15) is 12.6 Å². The number of anilines is 1. The number of β-lactam (4-membered cyclic amide) rings is 1. The van der Waals surface area contributed by atoms with Crippen molar-refractivity contribution in [3.63, 3.8) is 0 Å². The zero-order valence-electron chi connectivity index (χ0n) is 20.7. The number of amides is 3. The molecule has 3 amide bonds. The average Bonchev–Trinajstić information content (AvgIpc) is 3.54.